The minimum atomic E-state index is 0.448. The lowest BCUT2D eigenvalue weighted by Gasteiger charge is -2.11. The SMILES string of the molecule is CC(C)Cn1cnc2c(N)nc3cc(OCc4c[nH]c5ccccc45)ccc3c21. The number of fused-ring (bicyclic) bond motifs is 4. The van der Waals surface area contributed by atoms with Gasteiger partial charge in [0.15, 0.2) is 5.82 Å². The highest BCUT2D eigenvalue weighted by Gasteiger charge is 2.14. The van der Waals surface area contributed by atoms with Crippen LogP contribution in [0.3, 0.4) is 0 Å². The van der Waals surface area contributed by atoms with Crippen molar-refractivity contribution in [2.45, 2.75) is 27.0 Å². The molecule has 5 rings (SSSR count). The van der Waals surface area contributed by atoms with Gasteiger partial charge in [0.2, 0.25) is 0 Å². The summed E-state index contributed by atoms with van der Waals surface area (Å²) in [4.78, 5) is 12.3. The zero-order chi connectivity index (χ0) is 20.0. The molecule has 0 aliphatic rings. The summed E-state index contributed by atoms with van der Waals surface area (Å²) in [6, 6.07) is 14.2. The largest absolute Gasteiger partial charge is 0.489 e. The molecule has 29 heavy (non-hydrogen) atoms. The first-order valence-corrected chi connectivity index (χ1v) is 9.82. The minimum Gasteiger partial charge on any atom is -0.489 e. The number of nitrogens with zero attached hydrogens (tertiary/aromatic N) is 3. The van der Waals surface area contributed by atoms with E-state index < -0.39 is 0 Å². The maximum absolute atomic E-state index is 6.20. The van der Waals surface area contributed by atoms with Crippen molar-refractivity contribution in [3.8, 4) is 5.75 Å². The number of imidazole rings is 1. The number of ether oxygens (including phenoxy) is 1. The van der Waals surface area contributed by atoms with Crippen LogP contribution in [0.15, 0.2) is 55.0 Å². The fraction of sp³-hybridized carbons (Fsp3) is 0.217. The maximum atomic E-state index is 6.20. The second-order valence-corrected chi connectivity index (χ2v) is 7.81. The molecule has 0 saturated carbocycles. The number of nitrogens with one attached hydrogen (secondary N) is 1. The molecule has 0 saturated heterocycles. The first-order valence-electron chi connectivity index (χ1n) is 9.82. The molecule has 0 atom stereocenters. The smallest absolute Gasteiger partial charge is 0.152 e. The molecule has 0 aliphatic heterocycles. The van der Waals surface area contributed by atoms with Gasteiger partial charge >= 0.3 is 0 Å². The van der Waals surface area contributed by atoms with Crippen LogP contribution in [0, 0.1) is 5.92 Å². The van der Waals surface area contributed by atoms with Crippen LogP contribution in [0.1, 0.15) is 19.4 Å². The van der Waals surface area contributed by atoms with Gasteiger partial charge in [-0.05, 0) is 24.1 Å². The number of H-pyrrole nitrogens is 1. The summed E-state index contributed by atoms with van der Waals surface area (Å²) in [6.45, 7) is 5.75. The van der Waals surface area contributed by atoms with Crippen molar-refractivity contribution in [3.63, 3.8) is 0 Å². The molecule has 6 heteroatoms. The third kappa shape index (κ3) is 3.06. The molecule has 5 aromatic rings. The Balaban J connectivity index is 1.50. The first-order chi connectivity index (χ1) is 14.1. The number of hydrogen-bond donors (Lipinski definition) is 2. The number of benzene rings is 2. The predicted octanol–water partition coefficient (Wildman–Crippen LogP) is 4.88. The molecule has 0 fully saturated rings. The second-order valence-electron chi connectivity index (χ2n) is 7.81. The van der Waals surface area contributed by atoms with Gasteiger partial charge in [0, 0.05) is 40.7 Å². The molecular formula is C23H23N5O. The van der Waals surface area contributed by atoms with E-state index in [2.05, 4.69) is 45.5 Å². The highest BCUT2D eigenvalue weighted by atomic mass is 16.5. The predicted molar refractivity (Wildman–Crippen MR) is 117 cm³/mol. The molecule has 3 heterocycles. The normalized spacial score (nSPS) is 11.8. The first kappa shape index (κ1) is 17.6. The highest BCUT2D eigenvalue weighted by molar-refractivity contribution is 6.06. The van der Waals surface area contributed by atoms with E-state index in [0.29, 0.717) is 18.3 Å². The Labute approximate surface area is 168 Å². The zero-order valence-electron chi connectivity index (χ0n) is 16.5. The molecule has 146 valence electrons. The number of nitrogens with two attached hydrogens (primary N) is 1. The molecule has 6 nitrogen and oxygen atoms in total. The Bertz CT molecular complexity index is 1330. The van der Waals surface area contributed by atoms with Crippen molar-refractivity contribution in [1.29, 1.82) is 0 Å². The van der Waals surface area contributed by atoms with Crippen molar-refractivity contribution in [3.05, 3.63) is 60.6 Å². The van der Waals surface area contributed by atoms with Crippen LogP contribution in [0.4, 0.5) is 5.82 Å². The summed E-state index contributed by atoms with van der Waals surface area (Å²) in [5.41, 5.74) is 11.0. The summed E-state index contributed by atoms with van der Waals surface area (Å²) in [5, 5.41) is 2.21. The van der Waals surface area contributed by atoms with E-state index in [1.54, 1.807) is 0 Å². The molecule has 2 aromatic carbocycles. The Kier molecular flexibility index (Phi) is 4.12. The van der Waals surface area contributed by atoms with Crippen molar-refractivity contribution in [1.82, 2.24) is 19.5 Å². The second kappa shape index (κ2) is 6.81. The van der Waals surface area contributed by atoms with E-state index in [9.17, 15) is 0 Å². The van der Waals surface area contributed by atoms with Crippen LogP contribution in [0.5, 0.6) is 5.75 Å². The van der Waals surface area contributed by atoms with Crippen LogP contribution in [0.25, 0.3) is 32.8 Å². The third-order valence-corrected chi connectivity index (χ3v) is 5.18. The zero-order valence-corrected chi connectivity index (χ0v) is 16.5. The monoisotopic (exact) mass is 385 g/mol. The van der Waals surface area contributed by atoms with Crippen molar-refractivity contribution < 1.29 is 4.74 Å². The molecule has 0 aliphatic carbocycles. The number of rotatable bonds is 5. The molecule has 3 N–H and O–H groups in total. The number of aromatic nitrogens is 4. The number of aromatic amines is 1. The Morgan fingerprint density at radius 3 is 2.86 bits per heavy atom. The average molecular weight is 385 g/mol. The van der Waals surface area contributed by atoms with Crippen LogP contribution >= 0.6 is 0 Å². The number of anilines is 1. The summed E-state index contributed by atoms with van der Waals surface area (Å²) < 4.78 is 8.23. The van der Waals surface area contributed by atoms with E-state index in [0.717, 1.165) is 45.3 Å². The van der Waals surface area contributed by atoms with Gasteiger partial charge in [-0.25, -0.2) is 9.97 Å². The van der Waals surface area contributed by atoms with E-state index in [4.69, 9.17) is 10.5 Å². The lowest BCUT2D eigenvalue weighted by Crippen LogP contribution is -2.04. The lowest BCUT2D eigenvalue weighted by molar-refractivity contribution is 0.308. The van der Waals surface area contributed by atoms with Gasteiger partial charge in [-0.2, -0.15) is 0 Å². The number of nitrogen functional groups attached to an aromatic ring is 1. The van der Waals surface area contributed by atoms with E-state index >= 15 is 0 Å². The van der Waals surface area contributed by atoms with E-state index in [1.807, 2.05) is 42.9 Å². The third-order valence-electron chi connectivity index (χ3n) is 5.18. The Morgan fingerprint density at radius 1 is 1.14 bits per heavy atom. The summed E-state index contributed by atoms with van der Waals surface area (Å²) >= 11 is 0. The highest BCUT2D eigenvalue weighted by Crippen LogP contribution is 2.30. The lowest BCUT2D eigenvalue weighted by atomic mass is 10.1. The van der Waals surface area contributed by atoms with Gasteiger partial charge in [-0.3, -0.25) is 0 Å². The molecule has 0 amide bonds. The average Bonchev–Trinajstić information content (AvgIpc) is 3.31. The van der Waals surface area contributed by atoms with Crippen LogP contribution < -0.4 is 10.5 Å². The Hall–Kier alpha value is -3.54. The molecule has 0 unspecified atom stereocenters. The van der Waals surface area contributed by atoms with E-state index in [-0.39, 0.29) is 0 Å². The topological polar surface area (TPSA) is 81.8 Å². The van der Waals surface area contributed by atoms with Crippen molar-refractivity contribution in [2.24, 2.45) is 5.92 Å². The van der Waals surface area contributed by atoms with Gasteiger partial charge < -0.3 is 20.0 Å². The van der Waals surface area contributed by atoms with Gasteiger partial charge in [-0.1, -0.05) is 32.0 Å². The number of pyridine rings is 1. The fourth-order valence-corrected chi connectivity index (χ4v) is 3.87. The molecule has 0 radical (unpaired) electrons. The van der Waals surface area contributed by atoms with Gasteiger partial charge in [0.1, 0.15) is 17.9 Å². The van der Waals surface area contributed by atoms with Crippen LogP contribution in [-0.2, 0) is 13.2 Å². The van der Waals surface area contributed by atoms with Gasteiger partial charge in [0.25, 0.3) is 0 Å². The minimum absolute atomic E-state index is 0.448. The summed E-state index contributed by atoms with van der Waals surface area (Å²) in [7, 11) is 0. The summed E-state index contributed by atoms with van der Waals surface area (Å²) in [5.74, 6) is 1.73. The molecule has 0 bridgehead atoms. The molecule has 0 spiro atoms. The van der Waals surface area contributed by atoms with Gasteiger partial charge in [0.05, 0.1) is 17.4 Å². The van der Waals surface area contributed by atoms with Crippen molar-refractivity contribution in [2.75, 3.05) is 5.73 Å². The van der Waals surface area contributed by atoms with Crippen LogP contribution in [-0.4, -0.2) is 19.5 Å². The fourth-order valence-electron chi connectivity index (χ4n) is 3.87. The van der Waals surface area contributed by atoms with Crippen LogP contribution in [0.2, 0.25) is 0 Å². The number of para-hydroxylation sites is 1. The van der Waals surface area contributed by atoms with Gasteiger partial charge in [-0.15, -0.1) is 0 Å². The Morgan fingerprint density at radius 2 is 2.00 bits per heavy atom. The van der Waals surface area contributed by atoms with Crippen molar-refractivity contribution >= 4 is 38.7 Å². The standard InChI is InChI=1S/C23H23N5O/c1-14(2)11-28-13-26-21-22(28)18-8-7-16(9-20(18)27-23(21)24)29-12-15-10-25-19-6-4-3-5-17(15)19/h3-10,13-14,25H,11-12H2,1-2H3,(H2,24,27). The van der Waals surface area contributed by atoms with E-state index in [1.165, 1.54) is 5.39 Å². The summed E-state index contributed by atoms with van der Waals surface area (Å²) in [6.07, 6.45) is 3.85. The quantitative estimate of drug-likeness (QED) is 0.452. The molecular weight excluding hydrogens is 362 g/mol. The number of hydrogen-bond acceptors (Lipinski definition) is 4. The maximum Gasteiger partial charge on any atom is 0.152 e. The molecule has 3 aromatic heterocycles.